The summed E-state index contributed by atoms with van der Waals surface area (Å²) in [4.78, 5) is 20.7. The maximum absolute atomic E-state index is 14.2. The van der Waals surface area contributed by atoms with E-state index in [2.05, 4.69) is 5.16 Å². The molecular formula is C23H20F2N2O2S. The van der Waals surface area contributed by atoms with E-state index < -0.39 is 11.6 Å². The molecule has 2 aromatic carbocycles. The number of thiophene rings is 1. The quantitative estimate of drug-likeness (QED) is 0.546. The number of rotatable bonds is 6. The first-order chi connectivity index (χ1) is 14.5. The first-order valence-electron chi connectivity index (χ1n) is 9.56. The molecule has 0 fully saturated rings. The van der Waals surface area contributed by atoms with Crippen molar-refractivity contribution >= 4 is 23.0 Å². The lowest BCUT2D eigenvalue weighted by molar-refractivity contribution is 0.0406. The summed E-state index contributed by atoms with van der Waals surface area (Å²) in [6.45, 7) is 2.27. The fourth-order valence-corrected chi connectivity index (χ4v) is 4.01. The molecule has 3 aromatic rings. The summed E-state index contributed by atoms with van der Waals surface area (Å²) in [6.07, 6.45) is 0.206. The third-order valence-corrected chi connectivity index (χ3v) is 5.80. The van der Waals surface area contributed by atoms with Crippen molar-refractivity contribution in [3.8, 4) is 0 Å². The van der Waals surface area contributed by atoms with Crippen LogP contribution in [0.4, 0.5) is 8.78 Å². The molecule has 0 N–H and O–H groups in total. The van der Waals surface area contributed by atoms with E-state index in [-0.39, 0.29) is 30.7 Å². The molecule has 0 spiro atoms. The number of benzene rings is 2. The summed E-state index contributed by atoms with van der Waals surface area (Å²) >= 11 is 1.32. The number of hydrogen-bond acceptors (Lipinski definition) is 4. The molecule has 154 valence electrons. The van der Waals surface area contributed by atoms with Gasteiger partial charge in [-0.05, 0) is 30.0 Å². The lowest BCUT2D eigenvalue weighted by atomic mass is 10.0. The molecule has 1 amide bonds. The van der Waals surface area contributed by atoms with Gasteiger partial charge >= 0.3 is 0 Å². The number of hydrogen-bond donors (Lipinski definition) is 0. The van der Waals surface area contributed by atoms with Crippen molar-refractivity contribution in [3.05, 3.63) is 93.2 Å². The predicted octanol–water partition coefficient (Wildman–Crippen LogP) is 5.17. The fourth-order valence-electron chi connectivity index (χ4n) is 3.32. The molecule has 2 heterocycles. The lowest BCUT2D eigenvalue weighted by Crippen LogP contribution is -2.37. The Morgan fingerprint density at radius 3 is 2.70 bits per heavy atom. The highest BCUT2D eigenvalue weighted by atomic mass is 32.1. The van der Waals surface area contributed by atoms with Gasteiger partial charge in [0.25, 0.3) is 5.91 Å². The Morgan fingerprint density at radius 1 is 1.20 bits per heavy atom. The van der Waals surface area contributed by atoms with E-state index in [1.54, 1.807) is 12.1 Å². The SMILES string of the molecule is Cc1ccc(C2=NOC(CN(Cc3ccc(F)cc3F)C(=O)c3cccs3)C2)cc1. The minimum Gasteiger partial charge on any atom is -0.390 e. The largest absolute Gasteiger partial charge is 0.390 e. The number of nitrogens with zero attached hydrogens (tertiary/aromatic N) is 2. The van der Waals surface area contributed by atoms with Gasteiger partial charge in [0.15, 0.2) is 6.10 Å². The van der Waals surface area contributed by atoms with E-state index in [1.807, 2.05) is 36.6 Å². The monoisotopic (exact) mass is 426 g/mol. The van der Waals surface area contributed by atoms with E-state index in [4.69, 9.17) is 4.84 Å². The molecule has 1 aromatic heterocycles. The maximum atomic E-state index is 14.2. The standard InChI is InChI=1S/C23H20F2N2O2S/c1-15-4-6-16(7-5-15)21-12-19(29-26-21)14-27(23(28)22-3-2-10-30-22)13-17-8-9-18(24)11-20(17)25/h2-11,19H,12-14H2,1H3. The van der Waals surface area contributed by atoms with Crippen LogP contribution in [0.2, 0.25) is 0 Å². The second-order valence-electron chi connectivity index (χ2n) is 7.23. The lowest BCUT2D eigenvalue weighted by Gasteiger charge is -2.24. The number of aryl methyl sites for hydroxylation is 1. The Bertz CT molecular complexity index is 1070. The molecule has 30 heavy (non-hydrogen) atoms. The van der Waals surface area contributed by atoms with Crippen molar-refractivity contribution in [2.75, 3.05) is 6.54 Å². The average molecular weight is 426 g/mol. The third kappa shape index (κ3) is 4.57. The summed E-state index contributed by atoms with van der Waals surface area (Å²) in [7, 11) is 0. The van der Waals surface area contributed by atoms with Gasteiger partial charge in [-0.25, -0.2) is 8.78 Å². The Morgan fingerprint density at radius 2 is 2.00 bits per heavy atom. The maximum Gasteiger partial charge on any atom is 0.264 e. The van der Waals surface area contributed by atoms with Crippen LogP contribution in [0, 0.1) is 18.6 Å². The highest BCUT2D eigenvalue weighted by Gasteiger charge is 2.28. The molecule has 0 saturated heterocycles. The Labute approximate surface area is 177 Å². The summed E-state index contributed by atoms with van der Waals surface area (Å²) in [5.74, 6) is -1.55. The van der Waals surface area contributed by atoms with Gasteiger partial charge in [0.05, 0.1) is 17.1 Å². The smallest absolute Gasteiger partial charge is 0.264 e. The second kappa shape index (κ2) is 8.75. The topological polar surface area (TPSA) is 41.9 Å². The number of amides is 1. The zero-order chi connectivity index (χ0) is 21.1. The summed E-state index contributed by atoms with van der Waals surface area (Å²) in [5, 5.41) is 6.00. The first-order valence-corrected chi connectivity index (χ1v) is 10.4. The van der Waals surface area contributed by atoms with Gasteiger partial charge in [-0.3, -0.25) is 4.79 Å². The second-order valence-corrected chi connectivity index (χ2v) is 8.18. The van der Waals surface area contributed by atoms with Crippen LogP contribution in [0.1, 0.15) is 32.8 Å². The molecule has 1 atom stereocenters. The van der Waals surface area contributed by atoms with Crippen LogP contribution in [0.25, 0.3) is 0 Å². The van der Waals surface area contributed by atoms with Crippen molar-refractivity contribution in [3.63, 3.8) is 0 Å². The molecule has 4 rings (SSSR count). The van der Waals surface area contributed by atoms with Crippen molar-refractivity contribution in [1.29, 1.82) is 0 Å². The normalized spacial score (nSPS) is 15.6. The van der Waals surface area contributed by atoms with E-state index >= 15 is 0 Å². The first kappa shape index (κ1) is 20.2. The predicted molar refractivity (Wildman–Crippen MR) is 113 cm³/mol. The molecule has 1 aliphatic heterocycles. The van der Waals surface area contributed by atoms with Crippen LogP contribution >= 0.6 is 11.3 Å². The van der Waals surface area contributed by atoms with Gasteiger partial charge in [0, 0.05) is 24.6 Å². The van der Waals surface area contributed by atoms with Crippen LogP contribution in [-0.2, 0) is 11.4 Å². The molecule has 1 aliphatic rings. The van der Waals surface area contributed by atoms with Gasteiger partial charge in [0.1, 0.15) is 11.6 Å². The number of carbonyl (C=O) groups excluding carboxylic acids is 1. The Kier molecular flexibility index (Phi) is 5.90. The van der Waals surface area contributed by atoms with Crippen LogP contribution < -0.4 is 0 Å². The number of halogens is 2. The summed E-state index contributed by atoms with van der Waals surface area (Å²) in [6, 6.07) is 14.9. The van der Waals surface area contributed by atoms with Gasteiger partial charge in [-0.15, -0.1) is 11.3 Å². The Balaban J connectivity index is 1.50. The molecule has 7 heteroatoms. The van der Waals surface area contributed by atoms with E-state index in [0.717, 1.165) is 22.9 Å². The molecule has 0 bridgehead atoms. The van der Waals surface area contributed by atoms with Crippen molar-refractivity contribution in [2.45, 2.75) is 26.0 Å². The third-order valence-electron chi connectivity index (χ3n) is 4.94. The number of carbonyl (C=O) groups is 1. The highest BCUT2D eigenvalue weighted by Crippen LogP contribution is 2.22. The molecule has 0 saturated carbocycles. The number of oxime groups is 1. The minimum atomic E-state index is -0.678. The highest BCUT2D eigenvalue weighted by molar-refractivity contribution is 7.12. The van der Waals surface area contributed by atoms with E-state index in [0.29, 0.717) is 11.3 Å². The van der Waals surface area contributed by atoms with Gasteiger partial charge in [0.2, 0.25) is 0 Å². The van der Waals surface area contributed by atoms with Crippen molar-refractivity contribution < 1.29 is 18.4 Å². The molecule has 4 nitrogen and oxygen atoms in total. The van der Waals surface area contributed by atoms with Crippen LogP contribution in [0.15, 0.2) is 65.1 Å². The van der Waals surface area contributed by atoms with Crippen LogP contribution in [0.5, 0.6) is 0 Å². The fraction of sp³-hybridized carbons (Fsp3) is 0.217. The molecule has 0 radical (unpaired) electrons. The Hall–Kier alpha value is -3.06. The minimum absolute atomic E-state index is 0.0164. The molecule has 1 unspecified atom stereocenters. The van der Waals surface area contributed by atoms with Crippen LogP contribution in [0.3, 0.4) is 0 Å². The zero-order valence-electron chi connectivity index (χ0n) is 16.3. The molecule has 0 aliphatic carbocycles. The molecular weight excluding hydrogens is 406 g/mol. The summed E-state index contributed by atoms with van der Waals surface area (Å²) < 4.78 is 27.5. The van der Waals surface area contributed by atoms with Crippen molar-refractivity contribution in [2.24, 2.45) is 5.16 Å². The summed E-state index contributed by atoms with van der Waals surface area (Å²) in [5.41, 5.74) is 3.20. The average Bonchev–Trinajstić information content (AvgIpc) is 3.42. The zero-order valence-corrected chi connectivity index (χ0v) is 17.2. The van der Waals surface area contributed by atoms with E-state index in [1.165, 1.54) is 28.4 Å². The van der Waals surface area contributed by atoms with Gasteiger partial charge in [-0.1, -0.05) is 47.1 Å². The van der Waals surface area contributed by atoms with Gasteiger partial charge in [-0.2, -0.15) is 0 Å². The van der Waals surface area contributed by atoms with E-state index in [9.17, 15) is 13.6 Å². The van der Waals surface area contributed by atoms with Crippen LogP contribution in [-0.4, -0.2) is 29.2 Å². The van der Waals surface area contributed by atoms with Crippen molar-refractivity contribution in [1.82, 2.24) is 4.90 Å². The van der Waals surface area contributed by atoms with Gasteiger partial charge < -0.3 is 9.74 Å².